The summed E-state index contributed by atoms with van der Waals surface area (Å²) in [5.74, 6) is -0.694. The number of hydroxylamine groups is 2. The van der Waals surface area contributed by atoms with Crippen molar-refractivity contribution in [3.8, 4) is 0 Å². The molecule has 2 heterocycles. The summed E-state index contributed by atoms with van der Waals surface area (Å²) in [5, 5.41) is 1.04. The lowest BCUT2D eigenvalue weighted by Crippen LogP contribution is -2.33. The second-order valence-electron chi connectivity index (χ2n) is 4.05. The van der Waals surface area contributed by atoms with Crippen LogP contribution in [0.2, 0.25) is 0 Å². The number of amides is 1. The second kappa shape index (κ2) is 4.65. The molecule has 0 aromatic heterocycles. The minimum atomic E-state index is -0.347. The van der Waals surface area contributed by atoms with Crippen LogP contribution < -0.4 is 0 Å². The highest BCUT2D eigenvalue weighted by atomic mass is 16.7. The maximum atomic E-state index is 11.7. The summed E-state index contributed by atoms with van der Waals surface area (Å²) in [7, 11) is 0. The van der Waals surface area contributed by atoms with E-state index in [2.05, 4.69) is 6.58 Å². The zero-order chi connectivity index (χ0) is 11.5. The van der Waals surface area contributed by atoms with Crippen molar-refractivity contribution in [2.45, 2.75) is 25.7 Å². The van der Waals surface area contributed by atoms with Crippen LogP contribution in [0.5, 0.6) is 0 Å². The van der Waals surface area contributed by atoms with Crippen LogP contribution in [-0.2, 0) is 19.2 Å². The molecule has 0 unspecified atom stereocenters. The van der Waals surface area contributed by atoms with Gasteiger partial charge in [0.25, 0.3) is 5.91 Å². The molecule has 0 aromatic carbocycles. The largest absolute Gasteiger partial charge is 0.381 e. The van der Waals surface area contributed by atoms with Gasteiger partial charge in [0.05, 0.1) is 11.6 Å². The lowest BCUT2D eigenvalue weighted by molar-refractivity contribution is -0.192. The molecule has 1 amide bonds. The number of hydrogen-bond acceptors (Lipinski definition) is 4. The van der Waals surface area contributed by atoms with Crippen molar-refractivity contribution in [3.63, 3.8) is 0 Å². The molecule has 16 heavy (non-hydrogen) atoms. The van der Waals surface area contributed by atoms with Gasteiger partial charge < -0.3 is 9.57 Å². The average molecular weight is 225 g/mol. The number of nitrogens with zero attached hydrogens (tertiary/aromatic N) is 1. The average Bonchev–Trinajstić information content (AvgIpc) is 2.62. The van der Waals surface area contributed by atoms with Crippen LogP contribution in [0.25, 0.3) is 0 Å². The van der Waals surface area contributed by atoms with E-state index in [-0.39, 0.29) is 17.8 Å². The molecule has 0 N–H and O–H groups in total. The first-order chi connectivity index (χ1) is 7.68. The standard InChI is InChI=1S/C11H15NO4/c1-8-2-3-10(13)12(8)16-11(14)9-4-6-15-7-5-9/h9H,1-7H2. The molecule has 2 fully saturated rings. The van der Waals surface area contributed by atoms with E-state index in [1.807, 2.05) is 0 Å². The predicted molar refractivity (Wildman–Crippen MR) is 54.9 cm³/mol. The summed E-state index contributed by atoms with van der Waals surface area (Å²) in [6, 6.07) is 0. The van der Waals surface area contributed by atoms with Crippen LogP contribution in [-0.4, -0.2) is 30.2 Å². The van der Waals surface area contributed by atoms with E-state index >= 15 is 0 Å². The molecule has 2 aliphatic rings. The highest BCUT2D eigenvalue weighted by Gasteiger charge is 2.31. The first kappa shape index (κ1) is 11.1. The van der Waals surface area contributed by atoms with Gasteiger partial charge in [0, 0.05) is 19.6 Å². The molecule has 0 saturated carbocycles. The summed E-state index contributed by atoms with van der Waals surface area (Å²) in [6.07, 6.45) is 2.26. The normalized spacial score (nSPS) is 22.6. The number of carbonyl (C=O) groups excluding carboxylic acids is 2. The van der Waals surface area contributed by atoms with Crippen molar-refractivity contribution in [3.05, 3.63) is 12.3 Å². The molecule has 5 nitrogen and oxygen atoms in total. The van der Waals surface area contributed by atoms with Gasteiger partial charge in [-0.05, 0) is 19.3 Å². The Kier molecular flexibility index (Phi) is 3.24. The third-order valence-corrected chi connectivity index (χ3v) is 2.88. The molecule has 0 aromatic rings. The fourth-order valence-electron chi connectivity index (χ4n) is 1.84. The third kappa shape index (κ3) is 2.24. The zero-order valence-electron chi connectivity index (χ0n) is 9.11. The summed E-state index contributed by atoms with van der Waals surface area (Å²) >= 11 is 0. The fraction of sp³-hybridized carbons (Fsp3) is 0.636. The van der Waals surface area contributed by atoms with Gasteiger partial charge >= 0.3 is 5.97 Å². The molecule has 2 rings (SSSR count). The van der Waals surface area contributed by atoms with Crippen molar-refractivity contribution in [2.24, 2.45) is 5.92 Å². The van der Waals surface area contributed by atoms with E-state index in [1.54, 1.807) is 0 Å². The van der Waals surface area contributed by atoms with Crippen molar-refractivity contribution >= 4 is 11.9 Å². The molecule has 88 valence electrons. The van der Waals surface area contributed by atoms with Crippen molar-refractivity contribution in [1.82, 2.24) is 5.06 Å². The van der Waals surface area contributed by atoms with Crippen LogP contribution in [0.15, 0.2) is 12.3 Å². The molecular formula is C11H15NO4. The number of rotatable bonds is 2. The molecule has 0 spiro atoms. The van der Waals surface area contributed by atoms with Crippen LogP contribution in [0.3, 0.4) is 0 Å². The van der Waals surface area contributed by atoms with Gasteiger partial charge in [-0.2, -0.15) is 0 Å². The minimum absolute atomic E-state index is 0.157. The Morgan fingerprint density at radius 1 is 1.38 bits per heavy atom. The molecule has 0 radical (unpaired) electrons. The van der Waals surface area contributed by atoms with Gasteiger partial charge in [-0.3, -0.25) is 4.79 Å². The van der Waals surface area contributed by atoms with Gasteiger partial charge in [0.1, 0.15) is 0 Å². The van der Waals surface area contributed by atoms with Crippen LogP contribution in [0.1, 0.15) is 25.7 Å². The first-order valence-corrected chi connectivity index (χ1v) is 5.49. The lowest BCUT2D eigenvalue weighted by atomic mass is 10.0. The first-order valence-electron chi connectivity index (χ1n) is 5.49. The highest BCUT2D eigenvalue weighted by Crippen LogP contribution is 2.23. The lowest BCUT2D eigenvalue weighted by Gasteiger charge is -2.23. The van der Waals surface area contributed by atoms with Crippen molar-refractivity contribution < 1.29 is 19.2 Å². The van der Waals surface area contributed by atoms with Crippen LogP contribution >= 0.6 is 0 Å². The minimum Gasteiger partial charge on any atom is -0.381 e. The molecule has 0 bridgehead atoms. The van der Waals surface area contributed by atoms with Crippen LogP contribution in [0, 0.1) is 5.92 Å². The summed E-state index contributed by atoms with van der Waals surface area (Å²) in [5.41, 5.74) is 0.561. The highest BCUT2D eigenvalue weighted by molar-refractivity contribution is 5.82. The Bertz CT molecular complexity index is 304. The van der Waals surface area contributed by atoms with E-state index in [9.17, 15) is 9.59 Å². The Hall–Kier alpha value is -1.36. The Morgan fingerprint density at radius 3 is 2.62 bits per heavy atom. The van der Waals surface area contributed by atoms with E-state index in [0.29, 0.717) is 44.6 Å². The smallest absolute Gasteiger partial charge is 0.336 e. The SMILES string of the molecule is C=C1CCC(=O)N1OC(=O)C1CCOCC1. The Balaban J connectivity index is 1.90. The number of allylic oxidation sites excluding steroid dienone is 1. The van der Waals surface area contributed by atoms with E-state index in [1.165, 1.54) is 0 Å². The molecule has 2 aliphatic heterocycles. The number of ether oxygens (including phenoxy) is 1. The number of hydrogen-bond donors (Lipinski definition) is 0. The summed E-state index contributed by atoms with van der Waals surface area (Å²) in [6.45, 7) is 4.84. The topological polar surface area (TPSA) is 55.8 Å². The van der Waals surface area contributed by atoms with E-state index in [4.69, 9.17) is 9.57 Å². The maximum absolute atomic E-state index is 11.7. The van der Waals surface area contributed by atoms with E-state index in [0.717, 1.165) is 5.06 Å². The van der Waals surface area contributed by atoms with E-state index < -0.39 is 0 Å². The monoisotopic (exact) mass is 225 g/mol. The van der Waals surface area contributed by atoms with Gasteiger partial charge in [-0.15, -0.1) is 5.06 Å². The maximum Gasteiger partial charge on any atom is 0.336 e. The molecule has 0 aliphatic carbocycles. The summed E-state index contributed by atoms with van der Waals surface area (Å²) in [4.78, 5) is 28.2. The predicted octanol–water partition coefficient (Wildman–Crippen LogP) is 1.01. The molecular weight excluding hydrogens is 210 g/mol. The number of carbonyl (C=O) groups is 2. The Morgan fingerprint density at radius 2 is 2.06 bits per heavy atom. The molecule has 5 heteroatoms. The van der Waals surface area contributed by atoms with Crippen molar-refractivity contribution in [1.29, 1.82) is 0 Å². The second-order valence-corrected chi connectivity index (χ2v) is 4.05. The van der Waals surface area contributed by atoms with Gasteiger partial charge in [0.2, 0.25) is 0 Å². The quantitative estimate of drug-likeness (QED) is 0.703. The molecule has 0 atom stereocenters. The van der Waals surface area contributed by atoms with Gasteiger partial charge in [-0.1, -0.05) is 6.58 Å². The Labute approximate surface area is 94.0 Å². The summed E-state index contributed by atoms with van der Waals surface area (Å²) < 4.78 is 5.16. The third-order valence-electron chi connectivity index (χ3n) is 2.88. The van der Waals surface area contributed by atoms with Gasteiger partial charge in [-0.25, -0.2) is 4.79 Å². The fourth-order valence-corrected chi connectivity index (χ4v) is 1.84. The zero-order valence-corrected chi connectivity index (χ0v) is 9.11. The molecule has 2 saturated heterocycles. The van der Waals surface area contributed by atoms with Crippen LogP contribution in [0.4, 0.5) is 0 Å². The van der Waals surface area contributed by atoms with Crippen molar-refractivity contribution in [2.75, 3.05) is 13.2 Å². The van der Waals surface area contributed by atoms with Gasteiger partial charge in [0.15, 0.2) is 0 Å².